The van der Waals surface area contributed by atoms with Crippen molar-refractivity contribution in [1.82, 2.24) is 4.90 Å². The van der Waals surface area contributed by atoms with Crippen molar-refractivity contribution in [3.8, 4) is 0 Å². The van der Waals surface area contributed by atoms with E-state index in [1.165, 1.54) is 0 Å². The number of carbonyl (C=O) groups excluding carboxylic acids is 2. The van der Waals surface area contributed by atoms with Crippen LogP contribution < -0.4 is 0 Å². The molecular weight excluding hydrogens is 282 g/mol. The summed E-state index contributed by atoms with van der Waals surface area (Å²) in [5.41, 5.74) is -0.606. The molecule has 3 heterocycles. The highest BCUT2D eigenvalue weighted by atomic mass is 16.6. The molecule has 1 amide bonds. The molecule has 3 rings (SSSR count). The second kappa shape index (κ2) is 5.69. The van der Waals surface area contributed by atoms with Crippen molar-refractivity contribution in [2.24, 2.45) is 17.8 Å². The van der Waals surface area contributed by atoms with Crippen molar-refractivity contribution < 1.29 is 19.1 Å². The highest BCUT2D eigenvalue weighted by Gasteiger charge is 2.67. The minimum absolute atomic E-state index is 0.0398. The minimum atomic E-state index is -0.606. The molecule has 22 heavy (non-hydrogen) atoms. The molecule has 3 aliphatic rings. The quantitative estimate of drug-likeness (QED) is 0.426. The Morgan fingerprint density at radius 3 is 3.00 bits per heavy atom. The largest absolute Gasteiger partial charge is 0.465 e. The molecule has 0 radical (unpaired) electrons. The van der Waals surface area contributed by atoms with Crippen LogP contribution in [-0.4, -0.2) is 48.2 Å². The highest BCUT2D eigenvalue weighted by Crippen LogP contribution is 2.52. The number of amides is 1. The molecule has 2 saturated heterocycles. The Balaban J connectivity index is 1.76. The van der Waals surface area contributed by atoms with Crippen molar-refractivity contribution in [2.45, 2.75) is 45.3 Å². The molecule has 0 unspecified atom stereocenters. The van der Waals surface area contributed by atoms with Gasteiger partial charge >= 0.3 is 5.97 Å². The lowest BCUT2D eigenvalue weighted by atomic mass is 9.77. The first-order valence-electron chi connectivity index (χ1n) is 8.31. The number of hydrogen-bond acceptors (Lipinski definition) is 4. The second-order valence-electron chi connectivity index (χ2n) is 7.03. The molecule has 4 atom stereocenters. The Bertz CT molecular complexity index is 501. The number of hydrogen-bond donors (Lipinski definition) is 0. The normalized spacial score (nSPS) is 35.5. The third-order valence-electron chi connectivity index (χ3n) is 4.78. The predicted octanol–water partition coefficient (Wildman–Crippen LogP) is 1.77. The number of nitrogens with zero attached hydrogens (tertiary/aromatic N) is 1. The van der Waals surface area contributed by atoms with E-state index >= 15 is 0 Å². The lowest BCUT2D eigenvalue weighted by Crippen LogP contribution is -2.40. The molecule has 2 bridgehead atoms. The Labute approximate surface area is 131 Å². The summed E-state index contributed by atoms with van der Waals surface area (Å²) in [6.07, 6.45) is 5.43. The molecule has 3 aliphatic heterocycles. The number of unbranched alkanes of at least 4 members (excludes halogenated alkanes) is 1. The summed E-state index contributed by atoms with van der Waals surface area (Å²) in [7, 11) is 0. The maximum atomic E-state index is 12.8. The predicted molar refractivity (Wildman–Crippen MR) is 81.0 cm³/mol. The van der Waals surface area contributed by atoms with Gasteiger partial charge in [0, 0.05) is 6.54 Å². The lowest BCUT2D eigenvalue weighted by Gasteiger charge is -2.22. The third kappa shape index (κ3) is 2.35. The summed E-state index contributed by atoms with van der Waals surface area (Å²) in [4.78, 5) is 27.0. The molecule has 0 aromatic heterocycles. The van der Waals surface area contributed by atoms with Crippen LogP contribution in [0.1, 0.15) is 33.6 Å². The fourth-order valence-corrected chi connectivity index (χ4v) is 3.86. The Hall–Kier alpha value is -1.36. The van der Waals surface area contributed by atoms with Crippen LogP contribution in [0.25, 0.3) is 0 Å². The molecule has 122 valence electrons. The number of fused-ring (bicyclic) bond motifs is 1. The number of ether oxygens (including phenoxy) is 2. The van der Waals surface area contributed by atoms with Crippen LogP contribution in [0.15, 0.2) is 12.2 Å². The average molecular weight is 307 g/mol. The number of rotatable bonds is 6. The number of carbonyl (C=O) groups is 2. The lowest BCUT2D eigenvalue weighted by molar-refractivity contribution is -0.154. The van der Waals surface area contributed by atoms with Crippen molar-refractivity contribution in [1.29, 1.82) is 0 Å². The maximum Gasteiger partial charge on any atom is 0.312 e. The van der Waals surface area contributed by atoms with Crippen LogP contribution in [0, 0.1) is 17.8 Å². The highest BCUT2D eigenvalue weighted by molar-refractivity contribution is 5.91. The molecule has 0 saturated carbocycles. The second-order valence-corrected chi connectivity index (χ2v) is 7.03. The Morgan fingerprint density at radius 2 is 2.32 bits per heavy atom. The van der Waals surface area contributed by atoms with E-state index in [1.807, 2.05) is 17.1 Å². The fourth-order valence-electron chi connectivity index (χ4n) is 3.86. The molecule has 2 fully saturated rings. The van der Waals surface area contributed by atoms with Gasteiger partial charge in [-0.05, 0) is 12.3 Å². The van der Waals surface area contributed by atoms with E-state index in [9.17, 15) is 9.59 Å². The number of esters is 1. The molecule has 0 aromatic rings. The summed E-state index contributed by atoms with van der Waals surface area (Å²) in [6, 6.07) is 0. The molecule has 0 N–H and O–H groups in total. The van der Waals surface area contributed by atoms with E-state index in [0.29, 0.717) is 25.6 Å². The Morgan fingerprint density at radius 1 is 1.55 bits per heavy atom. The first-order valence-corrected chi connectivity index (χ1v) is 8.31. The van der Waals surface area contributed by atoms with Gasteiger partial charge in [-0.2, -0.15) is 0 Å². The average Bonchev–Trinajstić information content (AvgIpc) is 3.07. The maximum absolute atomic E-state index is 12.8. The van der Waals surface area contributed by atoms with Crippen LogP contribution in [0.4, 0.5) is 0 Å². The van der Waals surface area contributed by atoms with E-state index in [2.05, 4.69) is 20.8 Å². The molecule has 5 heteroatoms. The number of likely N-dealkylation sites (tertiary alicyclic amines) is 1. The van der Waals surface area contributed by atoms with Gasteiger partial charge in [-0.15, -0.1) is 0 Å². The van der Waals surface area contributed by atoms with Gasteiger partial charge in [0.1, 0.15) is 11.5 Å². The van der Waals surface area contributed by atoms with E-state index in [1.54, 1.807) is 0 Å². The van der Waals surface area contributed by atoms with E-state index in [0.717, 1.165) is 12.8 Å². The van der Waals surface area contributed by atoms with Crippen LogP contribution in [0.3, 0.4) is 0 Å². The smallest absolute Gasteiger partial charge is 0.312 e. The van der Waals surface area contributed by atoms with E-state index in [4.69, 9.17) is 9.47 Å². The zero-order valence-corrected chi connectivity index (χ0v) is 13.6. The first kappa shape index (κ1) is 15.5. The topological polar surface area (TPSA) is 55.8 Å². The summed E-state index contributed by atoms with van der Waals surface area (Å²) in [5.74, 6) is -0.732. The van der Waals surface area contributed by atoms with Crippen molar-refractivity contribution in [3.05, 3.63) is 12.2 Å². The van der Waals surface area contributed by atoms with Gasteiger partial charge < -0.3 is 14.4 Å². The molecule has 0 aliphatic carbocycles. The molecule has 0 aromatic carbocycles. The minimum Gasteiger partial charge on any atom is -0.465 e. The fraction of sp³-hybridized carbons (Fsp3) is 0.765. The Kier molecular flexibility index (Phi) is 4.02. The molecule has 5 nitrogen and oxygen atoms in total. The summed E-state index contributed by atoms with van der Waals surface area (Å²) >= 11 is 0. The van der Waals surface area contributed by atoms with Crippen molar-refractivity contribution in [2.75, 3.05) is 19.7 Å². The zero-order chi connectivity index (χ0) is 15.9. The summed E-state index contributed by atoms with van der Waals surface area (Å²) in [5, 5.41) is 0. The van der Waals surface area contributed by atoms with Gasteiger partial charge in [-0.25, -0.2) is 0 Å². The molecular formula is C17H25NO4. The van der Waals surface area contributed by atoms with Crippen LogP contribution in [0.2, 0.25) is 0 Å². The van der Waals surface area contributed by atoms with Gasteiger partial charge in [-0.1, -0.05) is 39.3 Å². The van der Waals surface area contributed by atoms with Crippen LogP contribution >= 0.6 is 0 Å². The van der Waals surface area contributed by atoms with Crippen molar-refractivity contribution >= 4 is 11.9 Å². The van der Waals surface area contributed by atoms with Crippen LogP contribution in [-0.2, 0) is 19.1 Å². The van der Waals surface area contributed by atoms with Crippen LogP contribution in [0.5, 0.6) is 0 Å². The monoisotopic (exact) mass is 307 g/mol. The van der Waals surface area contributed by atoms with E-state index in [-0.39, 0.29) is 18.0 Å². The van der Waals surface area contributed by atoms with E-state index < -0.39 is 17.4 Å². The van der Waals surface area contributed by atoms with Gasteiger partial charge in [-0.3, -0.25) is 9.59 Å². The zero-order valence-electron chi connectivity index (χ0n) is 13.6. The third-order valence-corrected chi connectivity index (χ3v) is 4.78. The SMILES string of the molecule is CCCCOC(=O)[C@@H]1[C@H]2C(=O)N(CC(C)C)C[C@]23C=C[C@H]1O3. The summed E-state index contributed by atoms with van der Waals surface area (Å²) < 4.78 is 11.4. The van der Waals surface area contributed by atoms with Crippen molar-refractivity contribution in [3.63, 3.8) is 0 Å². The summed E-state index contributed by atoms with van der Waals surface area (Å²) in [6.45, 7) is 7.91. The standard InChI is InChI=1S/C17H25NO4/c1-4-5-8-21-16(20)13-12-6-7-17(22-12)10-18(9-11(2)3)15(19)14(13)17/h6-7,11-14H,4-5,8-10H2,1-3H3/t12-,13+,14+,17-/m1/s1. The van der Waals surface area contributed by atoms with Gasteiger partial charge in [0.15, 0.2) is 0 Å². The van der Waals surface area contributed by atoms with Gasteiger partial charge in [0.05, 0.1) is 25.2 Å². The van der Waals surface area contributed by atoms with Gasteiger partial charge in [0.25, 0.3) is 0 Å². The first-order chi connectivity index (χ1) is 10.5. The van der Waals surface area contributed by atoms with Gasteiger partial charge in [0.2, 0.25) is 5.91 Å². The molecule has 1 spiro atoms.